The predicted octanol–water partition coefficient (Wildman–Crippen LogP) is 3.38. The van der Waals surface area contributed by atoms with Gasteiger partial charge in [-0.3, -0.25) is 0 Å². The van der Waals surface area contributed by atoms with Crippen molar-refractivity contribution < 1.29 is 9.47 Å². The molecule has 19 heavy (non-hydrogen) atoms. The van der Waals surface area contributed by atoms with Crippen LogP contribution in [0.5, 0.6) is 5.75 Å². The van der Waals surface area contributed by atoms with Crippen molar-refractivity contribution in [3.05, 3.63) is 29.8 Å². The standard InChI is InChI=1S/C16H27NO2/c1-4-6-16(12-17-11-5-2)19-13-14-7-9-15(18-3)10-8-14/h7-10,16-17H,4-6,11-13H2,1-3H3. The average Bonchev–Trinajstić information content (AvgIpc) is 2.45. The maximum Gasteiger partial charge on any atom is 0.118 e. The van der Waals surface area contributed by atoms with E-state index in [9.17, 15) is 0 Å². The van der Waals surface area contributed by atoms with Crippen molar-refractivity contribution in [2.75, 3.05) is 20.2 Å². The number of benzene rings is 1. The van der Waals surface area contributed by atoms with Crippen LogP contribution in [0, 0.1) is 0 Å². The molecule has 3 nitrogen and oxygen atoms in total. The molecular weight excluding hydrogens is 238 g/mol. The van der Waals surface area contributed by atoms with Gasteiger partial charge >= 0.3 is 0 Å². The number of nitrogens with one attached hydrogen (secondary N) is 1. The Balaban J connectivity index is 2.36. The maximum atomic E-state index is 5.99. The summed E-state index contributed by atoms with van der Waals surface area (Å²) in [6.07, 6.45) is 3.73. The molecule has 0 aliphatic carbocycles. The van der Waals surface area contributed by atoms with E-state index in [1.165, 1.54) is 5.56 Å². The van der Waals surface area contributed by atoms with Crippen molar-refractivity contribution in [3.8, 4) is 5.75 Å². The minimum atomic E-state index is 0.304. The molecule has 3 heteroatoms. The van der Waals surface area contributed by atoms with Crippen molar-refractivity contribution in [2.45, 2.75) is 45.8 Å². The largest absolute Gasteiger partial charge is 0.497 e. The molecule has 0 saturated carbocycles. The third-order valence-electron chi connectivity index (χ3n) is 3.05. The molecule has 0 radical (unpaired) electrons. The van der Waals surface area contributed by atoms with Gasteiger partial charge in [0.1, 0.15) is 5.75 Å². The van der Waals surface area contributed by atoms with Crippen LogP contribution in [0.1, 0.15) is 38.7 Å². The van der Waals surface area contributed by atoms with Crippen molar-refractivity contribution in [3.63, 3.8) is 0 Å². The molecule has 1 aromatic rings. The van der Waals surface area contributed by atoms with Crippen LogP contribution in [0.25, 0.3) is 0 Å². The highest BCUT2D eigenvalue weighted by Crippen LogP contribution is 2.13. The van der Waals surface area contributed by atoms with Gasteiger partial charge in [0, 0.05) is 6.54 Å². The highest BCUT2D eigenvalue weighted by atomic mass is 16.5. The first-order valence-corrected chi connectivity index (χ1v) is 7.25. The summed E-state index contributed by atoms with van der Waals surface area (Å²) in [6, 6.07) is 8.06. The Labute approximate surface area is 117 Å². The van der Waals surface area contributed by atoms with Crippen molar-refractivity contribution in [2.24, 2.45) is 0 Å². The summed E-state index contributed by atoms with van der Waals surface area (Å²) >= 11 is 0. The zero-order valence-corrected chi connectivity index (χ0v) is 12.4. The van der Waals surface area contributed by atoms with Crippen molar-refractivity contribution >= 4 is 0 Å². The first-order valence-electron chi connectivity index (χ1n) is 7.25. The smallest absolute Gasteiger partial charge is 0.118 e. The fraction of sp³-hybridized carbons (Fsp3) is 0.625. The summed E-state index contributed by atoms with van der Waals surface area (Å²) in [5, 5.41) is 3.43. The second-order valence-electron chi connectivity index (χ2n) is 4.77. The Morgan fingerprint density at radius 2 is 1.84 bits per heavy atom. The van der Waals surface area contributed by atoms with Crippen LogP contribution in [-0.2, 0) is 11.3 Å². The van der Waals surface area contributed by atoms with E-state index in [1.807, 2.05) is 12.1 Å². The van der Waals surface area contributed by atoms with Gasteiger partial charge in [-0.1, -0.05) is 32.4 Å². The molecule has 108 valence electrons. The normalized spacial score (nSPS) is 12.4. The van der Waals surface area contributed by atoms with Crippen LogP contribution in [-0.4, -0.2) is 26.3 Å². The zero-order chi connectivity index (χ0) is 13.9. The number of rotatable bonds is 10. The first kappa shape index (κ1) is 16.0. The number of methoxy groups -OCH3 is 1. The molecule has 1 rings (SSSR count). The quantitative estimate of drug-likeness (QED) is 0.658. The minimum absolute atomic E-state index is 0.304. The van der Waals surface area contributed by atoms with Gasteiger partial charge in [-0.2, -0.15) is 0 Å². The number of hydrogen-bond donors (Lipinski definition) is 1. The molecule has 1 atom stereocenters. The minimum Gasteiger partial charge on any atom is -0.497 e. The Bertz CT molecular complexity index is 324. The molecule has 0 aromatic heterocycles. The van der Waals surface area contributed by atoms with Crippen LogP contribution in [0.15, 0.2) is 24.3 Å². The Hall–Kier alpha value is -1.06. The summed E-state index contributed by atoms with van der Waals surface area (Å²) in [5.41, 5.74) is 1.19. The fourth-order valence-corrected chi connectivity index (χ4v) is 1.94. The molecule has 0 saturated heterocycles. The SMILES string of the molecule is CCCNCC(CCC)OCc1ccc(OC)cc1. The molecule has 1 N–H and O–H groups in total. The lowest BCUT2D eigenvalue weighted by Gasteiger charge is -2.18. The number of ether oxygens (including phenoxy) is 2. The second-order valence-corrected chi connectivity index (χ2v) is 4.77. The molecule has 0 aliphatic heterocycles. The van der Waals surface area contributed by atoms with Crippen molar-refractivity contribution in [1.82, 2.24) is 5.32 Å². The zero-order valence-electron chi connectivity index (χ0n) is 12.4. The molecule has 0 amide bonds. The lowest BCUT2D eigenvalue weighted by atomic mass is 10.2. The van der Waals surface area contributed by atoms with Gasteiger partial charge in [0.05, 0.1) is 19.8 Å². The van der Waals surface area contributed by atoms with Gasteiger partial charge in [0.25, 0.3) is 0 Å². The van der Waals surface area contributed by atoms with Gasteiger partial charge in [-0.05, 0) is 37.1 Å². The Morgan fingerprint density at radius 3 is 2.42 bits per heavy atom. The van der Waals surface area contributed by atoms with Crippen molar-refractivity contribution in [1.29, 1.82) is 0 Å². The van der Waals surface area contributed by atoms with Crippen LogP contribution in [0.3, 0.4) is 0 Å². The topological polar surface area (TPSA) is 30.5 Å². The van der Waals surface area contributed by atoms with E-state index in [2.05, 4.69) is 31.3 Å². The fourth-order valence-electron chi connectivity index (χ4n) is 1.94. The molecule has 0 heterocycles. The lowest BCUT2D eigenvalue weighted by Crippen LogP contribution is -2.29. The van der Waals surface area contributed by atoms with Gasteiger partial charge in [0.15, 0.2) is 0 Å². The highest BCUT2D eigenvalue weighted by Gasteiger charge is 2.07. The number of hydrogen-bond acceptors (Lipinski definition) is 3. The van der Waals surface area contributed by atoms with E-state index in [4.69, 9.17) is 9.47 Å². The molecule has 0 fully saturated rings. The Kier molecular flexibility index (Phi) is 8.26. The summed E-state index contributed by atoms with van der Waals surface area (Å²) in [4.78, 5) is 0. The third kappa shape index (κ3) is 6.60. The van der Waals surface area contributed by atoms with E-state index >= 15 is 0 Å². The van der Waals surface area contributed by atoms with E-state index in [0.29, 0.717) is 12.7 Å². The van der Waals surface area contributed by atoms with Gasteiger partial charge < -0.3 is 14.8 Å². The second kappa shape index (κ2) is 9.82. The summed E-state index contributed by atoms with van der Waals surface area (Å²) in [5.74, 6) is 0.887. The van der Waals surface area contributed by atoms with Gasteiger partial charge in [0.2, 0.25) is 0 Å². The van der Waals surface area contributed by atoms with Crippen LogP contribution >= 0.6 is 0 Å². The molecule has 1 aromatic carbocycles. The maximum absolute atomic E-state index is 5.99. The molecule has 0 bridgehead atoms. The lowest BCUT2D eigenvalue weighted by molar-refractivity contribution is 0.0349. The highest BCUT2D eigenvalue weighted by molar-refractivity contribution is 5.26. The first-order chi connectivity index (χ1) is 9.30. The van der Waals surface area contributed by atoms with E-state index in [-0.39, 0.29) is 0 Å². The third-order valence-corrected chi connectivity index (χ3v) is 3.05. The summed E-state index contributed by atoms with van der Waals surface area (Å²) in [6.45, 7) is 7.05. The van der Waals surface area contributed by atoms with E-state index < -0.39 is 0 Å². The Morgan fingerprint density at radius 1 is 1.11 bits per heavy atom. The van der Waals surface area contributed by atoms with Crippen LogP contribution in [0.2, 0.25) is 0 Å². The van der Waals surface area contributed by atoms with E-state index in [0.717, 1.165) is 38.1 Å². The van der Waals surface area contributed by atoms with Gasteiger partial charge in [-0.25, -0.2) is 0 Å². The predicted molar refractivity (Wildman–Crippen MR) is 79.6 cm³/mol. The average molecular weight is 265 g/mol. The van der Waals surface area contributed by atoms with Gasteiger partial charge in [-0.15, -0.1) is 0 Å². The molecule has 0 spiro atoms. The molecule has 0 aliphatic rings. The van der Waals surface area contributed by atoms with Crippen LogP contribution < -0.4 is 10.1 Å². The summed E-state index contributed by atoms with van der Waals surface area (Å²) < 4.78 is 11.1. The monoisotopic (exact) mass is 265 g/mol. The van der Waals surface area contributed by atoms with Crippen LogP contribution in [0.4, 0.5) is 0 Å². The molecular formula is C16H27NO2. The molecule has 1 unspecified atom stereocenters. The summed E-state index contributed by atoms with van der Waals surface area (Å²) in [7, 11) is 1.68. The van der Waals surface area contributed by atoms with E-state index in [1.54, 1.807) is 7.11 Å².